The normalized spacial score (nSPS) is 17.2. The summed E-state index contributed by atoms with van der Waals surface area (Å²) < 4.78 is 16.3. The highest BCUT2D eigenvalue weighted by Gasteiger charge is 2.34. The summed E-state index contributed by atoms with van der Waals surface area (Å²) in [6.45, 7) is 8.28. The smallest absolute Gasteiger partial charge is 0.410 e. The van der Waals surface area contributed by atoms with E-state index in [4.69, 9.17) is 31.5 Å². The van der Waals surface area contributed by atoms with Crippen molar-refractivity contribution >= 4 is 35.0 Å². The number of nitrogens with two attached hydrogens (primary N) is 1. The van der Waals surface area contributed by atoms with Gasteiger partial charge in [-0.25, -0.2) is 4.79 Å². The van der Waals surface area contributed by atoms with Crippen molar-refractivity contribution in [3.8, 4) is 5.75 Å². The number of ether oxygens (including phenoxy) is 3. The predicted octanol–water partition coefficient (Wildman–Crippen LogP) is 2.92. The van der Waals surface area contributed by atoms with Crippen LogP contribution < -0.4 is 15.4 Å². The molecule has 8 nitrogen and oxygen atoms in total. The Hall–Kier alpha value is -2.19. The molecule has 1 atom stereocenters. The molecule has 1 saturated heterocycles. The predicted molar refractivity (Wildman–Crippen MR) is 108 cm³/mol. The van der Waals surface area contributed by atoms with Crippen LogP contribution in [0.3, 0.4) is 0 Å². The fourth-order valence-electron chi connectivity index (χ4n) is 2.85. The van der Waals surface area contributed by atoms with E-state index in [1.54, 1.807) is 32.9 Å². The van der Waals surface area contributed by atoms with E-state index in [0.717, 1.165) is 0 Å². The summed E-state index contributed by atoms with van der Waals surface area (Å²) in [5.74, 6) is 0.120. The molecular formula is C19H28ClN3O5. The van der Waals surface area contributed by atoms with Crippen LogP contribution >= 0.6 is 11.6 Å². The number of nitrogen functional groups attached to an aromatic ring is 1. The maximum absolute atomic E-state index is 13.1. The number of hydrogen-bond acceptors (Lipinski definition) is 6. The molecule has 0 aromatic heterocycles. The number of amides is 2. The van der Waals surface area contributed by atoms with E-state index < -0.39 is 17.8 Å². The van der Waals surface area contributed by atoms with E-state index >= 15 is 0 Å². The van der Waals surface area contributed by atoms with Crippen molar-refractivity contribution in [1.82, 2.24) is 4.90 Å². The van der Waals surface area contributed by atoms with E-state index in [2.05, 4.69) is 0 Å². The van der Waals surface area contributed by atoms with E-state index in [1.807, 2.05) is 6.92 Å². The molecule has 1 aliphatic heterocycles. The van der Waals surface area contributed by atoms with Crippen molar-refractivity contribution in [3.05, 3.63) is 17.2 Å². The molecule has 1 fully saturated rings. The Bertz CT molecular complexity index is 735. The van der Waals surface area contributed by atoms with Gasteiger partial charge >= 0.3 is 6.09 Å². The second-order valence-corrected chi connectivity index (χ2v) is 7.82. The van der Waals surface area contributed by atoms with Crippen LogP contribution in [0.4, 0.5) is 16.2 Å². The quantitative estimate of drug-likeness (QED) is 0.762. The van der Waals surface area contributed by atoms with E-state index in [9.17, 15) is 9.59 Å². The van der Waals surface area contributed by atoms with Crippen LogP contribution in [0.1, 0.15) is 27.7 Å². The molecule has 1 unspecified atom stereocenters. The summed E-state index contributed by atoms with van der Waals surface area (Å²) in [6, 6.07) is 3.16. The van der Waals surface area contributed by atoms with Crippen LogP contribution in [-0.2, 0) is 14.3 Å². The second kappa shape index (κ2) is 8.87. The van der Waals surface area contributed by atoms with Gasteiger partial charge in [0.05, 0.1) is 36.7 Å². The van der Waals surface area contributed by atoms with Crippen molar-refractivity contribution in [2.45, 2.75) is 39.4 Å². The highest BCUT2D eigenvalue weighted by atomic mass is 35.5. The van der Waals surface area contributed by atoms with Crippen LogP contribution in [0.5, 0.6) is 5.75 Å². The minimum Gasteiger partial charge on any atom is -0.495 e. The summed E-state index contributed by atoms with van der Waals surface area (Å²) in [7, 11) is 1.49. The minimum absolute atomic E-state index is 0.105. The van der Waals surface area contributed by atoms with E-state index in [0.29, 0.717) is 35.2 Å². The third-order valence-electron chi connectivity index (χ3n) is 4.17. The van der Waals surface area contributed by atoms with Gasteiger partial charge in [0.2, 0.25) is 0 Å². The van der Waals surface area contributed by atoms with Gasteiger partial charge in [0.25, 0.3) is 5.91 Å². The van der Waals surface area contributed by atoms with Gasteiger partial charge in [-0.3, -0.25) is 4.79 Å². The van der Waals surface area contributed by atoms with Gasteiger partial charge < -0.3 is 29.7 Å². The van der Waals surface area contributed by atoms with E-state index in [1.165, 1.54) is 16.9 Å². The average Bonchev–Trinajstić information content (AvgIpc) is 2.62. The molecule has 2 amide bonds. The molecule has 1 aromatic carbocycles. The minimum atomic E-state index is -0.819. The van der Waals surface area contributed by atoms with Crippen LogP contribution in [-0.4, -0.2) is 62.0 Å². The molecular weight excluding hydrogens is 386 g/mol. The number of carbonyl (C=O) groups excluding carboxylic acids is 2. The van der Waals surface area contributed by atoms with Crippen molar-refractivity contribution in [2.24, 2.45) is 0 Å². The lowest BCUT2D eigenvalue weighted by Crippen LogP contribution is -2.53. The van der Waals surface area contributed by atoms with Gasteiger partial charge in [-0.2, -0.15) is 0 Å². The molecule has 0 aliphatic carbocycles. The molecule has 28 heavy (non-hydrogen) atoms. The largest absolute Gasteiger partial charge is 0.495 e. The Labute approximate surface area is 170 Å². The number of methoxy groups -OCH3 is 1. The van der Waals surface area contributed by atoms with Crippen LogP contribution in [0, 0.1) is 0 Å². The lowest BCUT2D eigenvalue weighted by atomic mass is 10.2. The number of hydrogen-bond donors (Lipinski definition) is 1. The van der Waals surface area contributed by atoms with Gasteiger partial charge in [0.1, 0.15) is 11.4 Å². The SMILES string of the molecule is CCN(C(=O)C1CN(C(=O)OC(C)(C)C)CCO1)c1cc(OC)c(N)cc1Cl. The molecule has 1 heterocycles. The number of benzene rings is 1. The number of carbonyl (C=O) groups is 2. The molecule has 0 spiro atoms. The highest BCUT2D eigenvalue weighted by molar-refractivity contribution is 6.34. The molecule has 1 aliphatic rings. The van der Waals surface area contributed by atoms with Crippen molar-refractivity contribution in [1.29, 1.82) is 0 Å². The summed E-state index contributed by atoms with van der Waals surface area (Å²) in [5, 5.41) is 0.327. The first-order chi connectivity index (χ1) is 13.1. The maximum atomic E-state index is 13.1. The summed E-state index contributed by atoms with van der Waals surface area (Å²) in [4.78, 5) is 28.4. The Morgan fingerprint density at radius 3 is 2.64 bits per heavy atom. The van der Waals surface area contributed by atoms with Gasteiger partial charge in [0, 0.05) is 19.2 Å². The summed E-state index contributed by atoms with van der Waals surface area (Å²) >= 11 is 6.31. The molecule has 2 rings (SSSR count). The summed E-state index contributed by atoms with van der Waals surface area (Å²) in [6.07, 6.45) is -1.29. The third kappa shape index (κ3) is 5.20. The first-order valence-electron chi connectivity index (χ1n) is 9.11. The Morgan fingerprint density at radius 1 is 1.39 bits per heavy atom. The molecule has 0 saturated carbocycles. The van der Waals surface area contributed by atoms with Crippen LogP contribution in [0.2, 0.25) is 5.02 Å². The zero-order valence-corrected chi connectivity index (χ0v) is 17.7. The molecule has 0 radical (unpaired) electrons. The number of likely N-dealkylation sites (N-methyl/N-ethyl adjacent to an activating group) is 1. The number of morpholine rings is 1. The van der Waals surface area contributed by atoms with Crippen molar-refractivity contribution in [2.75, 3.05) is 44.0 Å². The van der Waals surface area contributed by atoms with Gasteiger partial charge in [-0.05, 0) is 33.8 Å². The Balaban J connectivity index is 2.20. The zero-order chi connectivity index (χ0) is 21.1. The number of nitrogens with zero attached hydrogens (tertiary/aromatic N) is 2. The van der Waals surface area contributed by atoms with Gasteiger partial charge in [-0.15, -0.1) is 0 Å². The van der Waals surface area contributed by atoms with Crippen LogP contribution in [0.15, 0.2) is 12.1 Å². The molecule has 9 heteroatoms. The van der Waals surface area contributed by atoms with Crippen molar-refractivity contribution < 1.29 is 23.8 Å². The standard InChI is InChI=1S/C19H28ClN3O5/c1-6-23(14-10-15(26-5)13(21)9-12(14)20)17(24)16-11-22(7-8-27-16)18(25)28-19(2,3)4/h9-10,16H,6-8,11,21H2,1-5H3. The van der Waals surface area contributed by atoms with Gasteiger partial charge in [-0.1, -0.05) is 11.6 Å². The Morgan fingerprint density at radius 2 is 2.07 bits per heavy atom. The lowest BCUT2D eigenvalue weighted by molar-refractivity contribution is -0.135. The monoisotopic (exact) mass is 413 g/mol. The summed E-state index contributed by atoms with van der Waals surface area (Å²) in [5.41, 5.74) is 6.10. The zero-order valence-electron chi connectivity index (χ0n) is 17.0. The molecule has 2 N–H and O–H groups in total. The fourth-order valence-corrected chi connectivity index (χ4v) is 3.13. The fraction of sp³-hybridized carbons (Fsp3) is 0.579. The average molecular weight is 414 g/mol. The topological polar surface area (TPSA) is 94.3 Å². The first-order valence-corrected chi connectivity index (χ1v) is 9.49. The second-order valence-electron chi connectivity index (χ2n) is 7.41. The van der Waals surface area contributed by atoms with Crippen LogP contribution in [0.25, 0.3) is 0 Å². The number of anilines is 2. The Kier molecular flexibility index (Phi) is 7.01. The van der Waals surface area contributed by atoms with E-state index in [-0.39, 0.29) is 19.1 Å². The number of halogens is 1. The highest BCUT2D eigenvalue weighted by Crippen LogP contribution is 2.35. The van der Waals surface area contributed by atoms with Crippen molar-refractivity contribution in [3.63, 3.8) is 0 Å². The molecule has 0 bridgehead atoms. The number of rotatable bonds is 4. The molecule has 1 aromatic rings. The third-order valence-corrected chi connectivity index (χ3v) is 4.47. The lowest BCUT2D eigenvalue weighted by Gasteiger charge is -2.35. The molecule has 156 valence electrons. The maximum Gasteiger partial charge on any atom is 0.410 e. The first kappa shape index (κ1) is 22.1. The van der Waals surface area contributed by atoms with Gasteiger partial charge in [0.15, 0.2) is 6.10 Å².